The Balaban J connectivity index is 0.000000259. The van der Waals surface area contributed by atoms with Crippen molar-refractivity contribution in [2.45, 2.75) is 84.7 Å². The van der Waals surface area contributed by atoms with Gasteiger partial charge in [-0.25, -0.2) is 4.79 Å². The summed E-state index contributed by atoms with van der Waals surface area (Å²) >= 11 is 2.98. The maximum Gasteiger partial charge on any atom is 0.407 e. The Labute approximate surface area is 349 Å². The number of ether oxygens (including phenoxy) is 1. The van der Waals surface area contributed by atoms with E-state index in [0.29, 0.717) is 6.42 Å². The monoisotopic (exact) mass is 824 g/mol. The number of nitrogens with two attached hydrogens (primary N) is 1. The van der Waals surface area contributed by atoms with Crippen LogP contribution in [0.25, 0.3) is 20.2 Å². The molecule has 3 amide bonds. The second-order valence-corrected chi connectivity index (χ2v) is 16.8. The Morgan fingerprint density at radius 3 is 1.69 bits per heavy atom. The van der Waals surface area contributed by atoms with Gasteiger partial charge in [0.1, 0.15) is 5.60 Å². The lowest BCUT2D eigenvalue weighted by Crippen LogP contribution is -2.37. The summed E-state index contributed by atoms with van der Waals surface area (Å²) in [4.78, 5) is 46.3. The summed E-state index contributed by atoms with van der Waals surface area (Å²) < 4.78 is 7.36. The van der Waals surface area contributed by atoms with Crippen LogP contribution in [0.3, 0.4) is 0 Å². The first kappa shape index (κ1) is 45.5. The molecule has 6 aromatic rings. The summed E-state index contributed by atoms with van der Waals surface area (Å²) in [7, 11) is 0. The number of unbranched alkanes of at least 4 members (excludes halogenated alkanes) is 1. The predicted octanol–water partition coefficient (Wildman–Crippen LogP) is 9.42. The number of fused-ring (bicyclic) bond motifs is 2. The van der Waals surface area contributed by atoms with Crippen LogP contribution in [0.2, 0.25) is 0 Å². The number of aliphatic hydroxyl groups excluding tert-OH is 1. The van der Waals surface area contributed by atoms with Crippen molar-refractivity contribution in [2.24, 2.45) is 5.73 Å². The van der Waals surface area contributed by atoms with Gasteiger partial charge in [0.2, 0.25) is 11.8 Å². The average Bonchev–Trinajstić information content (AvgIpc) is 3.80. The molecule has 0 radical (unpaired) electrons. The first-order chi connectivity index (χ1) is 27.5. The van der Waals surface area contributed by atoms with Crippen LogP contribution in [0.1, 0.15) is 88.5 Å². The van der Waals surface area contributed by atoms with E-state index in [-0.39, 0.29) is 44.9 Å². The number of aliphatic hydroxyl groups is 1. The SMILES string of the molecule is C.CC(C)(C)OC(=O)NCC(C(=O)Nc1cc2ccncc2s1)c1ccc(CCCO)cc1.CCCCc1ccc(C(CN)C(=O)Nc2cc3ccncc3s2)cc1. The van der Waals surface area contributed by atoms with Crippen LogP contribution in [-0.4, -0.2) is 58.3 Å². The van der Waals surface area contributed by atoms with Crippen LogP contribution in [-0.2, 0) is 27.2 Å². The average molecular weight is 825 g/mol. The molecule has 0 aliphatic heterocycles. The Bertz CT molecular complexity index is 2150. The van der Waals surface area contributed by atoms with Crippen LogP contribution < -0.4 is 21.7 Å². The Morgan fingerprint density at radius 2 is 1.24 bits per heavy atom. The van der Waals surface area contributed by atoms with E-state index in [1.165, 1.54) is 41.1 Å². The van der Waals surface area contributed by atoms with Gasteiger partial charge in [-0.1, -0.05) is 69.3 Å². The van der Waals surface area contributed by atoms with Gasteiger partial charge in [-0.2, -0.15) is 0 Å². The van der Waals surface area contributed by atoms with Crippen molar-refractivity contribution in [3.8, 4) is 0 Å². The van der Waals surface area contributed by atoms with E-state index in [2.05, 4.69) is 45.0 Å². The quantitative estimate of drug-likeness (QED) is 0.0683. The second-order valence-electron chi connectivity index (χ2n) is 14.7. The topological polar surface area (TPSA) is 169 Å². The number of carbonyl (C=O) groups is 3. The molecule has 2 atom stereocenters. The van der Waals surface area contributed by atoms with E-state index in [0.717, 1.165) is 59.7 Å². The molecule has 4 aromatic heterocycles. The van der Waals surface area contributed by atoms with Gasteiger partial charge in [0.15, 0.2) is 0 Å². The van der Waals surface area contributed by atoms with Crippen molar-refractivity contribution >= 4 is 70.8 Å². The number of rotatable bonds is 15. The molecular weight excluding hydrogens is 769 g/mol. The zero-order valence-corrected chi connectivity index (χ0v) is 34.6. The van der Waals surface area contributed by atoms with E-state index in [4.69, 9.17) is 15.6 Å². The fraction of sp³-hybridized carbons (Fsp3) is 0.356. The Morgan fingerprint density at radius 1 is 0.759 bits per heavy atom. The highest BCUT2D eigenvalue weighted by Gasteiger charge is 2.25. The maximum atomic E-state index is 13.2. The highest BCUT2D eigenvalue weighted by molar-refractivity contribution is 7.23. The van der Waals surface area contributed by atoms with Crippen molar-refractivity contribution in [3.05, 3.63) is 120 Å². The number of carbonyl (C=O) groups excluding carboxylic acids is 3. The third-order valence-corrected chi connectivity index (χ3v) is 11.1. The van der Waals surface area contributed by atoms with Gasteiger partial charge >= 0.3 is 6.09 Å². The molecule has 2 unspecified atom stereocenters. The van der Waals surface area contributed by atoms with Gasteiger partial charge in [0.25, 0.3) is 0 Å². The van der Waals surface area contributed by atoms with Gasteiger partial charge in [-0.15, -0.1) is 22.7 Å². The molecule has 2 aromatic carbocycles. The van der Waals surface area contributed by atoms with Crippen LogP contribution >= 0.6 is 22.7 Å². The zero-order chi connectivity index (χ0) is 40.8. The van der Waals surface area contributed by atoms with E-state index in [9.17, 15) is 14.4 Å². The molecule has 0 aliphatic rings. The number of amides is 3. The number of nitrogens with zero attached hydrogens (tertiary/aromatic N) is 2. The summed E-state index contributed by atoms with van der Waals surface area (Å²) in [6.45, 7) is 8.08. The molecule has 0 saturated carbocycles. The van der Waals surface area contributed by atoms with Crippen molar-refractivity contribution in [3.63, 3.8) is 0 Å². The number of aromatic nitrogens is 2. The van der Waals surface area contributed by atoms with Crippen molar-refractivity contribution in [1.29, 1.82) is 0 Å². The predicted molar refractivity (Wildman–Crippen MR) is 239 cm³/mol. The molecule has 0 bridgehead atoms. The van der Waals surface area contributed by atoms with E-state index in [1.807, 2.05) is 66.9 Å². The molecule has 0 saturated heterocycles. The number of aryl methyl sites for hydroxylation is 2. The largest absolute Gasteiger partial charge is 0.444 e. The lowest BCUT2D eigenvalue weighted by molar-refractivity contribution is -0.118. The number of hydrogen-bond acceptors (Lipinski definition) is 10. The van der Waals surface area contributed by atoms with Gasteiger partial charge < -0.3 is 31.5 Å². The van der Waals surface area contributed by atoms with Gasteiger partial charge in [-0.05, 0) is 104 Å². The standard InChI is InChI=1S/C24H29N3O4S.C20H23N3OS.CH4/c1-24(2,3)31-23(30)26-14-19(17-8-6-16(7-9-17)5-4-12-28)22(29)27-21-13-18-10-11-25-15-20(18)32-21;1-2-3-4-14-5-7-15(8-6-14)17(12-21)20(24)23-19-11-16-9-10-22-13-18(16)25-19;/h6-11,13,15,19,28H,4-5,12,14H2,1-3H3,(H,26,30)(H,27,29);5-11,13,17H,2-4,12,21H2,1H3,(H,23,24);1H4. The zero-order valence-electron chi connectivity index (χ0n) is 32.9. The molecule has 4 heterocycles. The lowest BCUT2D eigenvalue weighted by atomic mass is 9.96. The number of anilines is 2. The fourth-order valence-electron chi connectivity index (χ4n) is 6.06. The van der Waals surface area contributed by atoms with E-state index in [1.54, 1.807) is 39.4 Å². The Hall–Kier alpha value is -5.21. The normalized spacial score (nSPS) is 12.1. The molecule has 13 heteroatoms. The Kier molecular flexibility index (Phi) is 17.3. The van der Waals surface area contributed by atoms with Crippen molar-refractivity contribution in [1.82, 2.24) is 15.3 Å². The summed E-state index contributed by atoms with van der Waals surface area (Å²) in [6, 6.07) is 23.7. The molecule has 11 nitrogen and oxygen atoms in total. The molecule has 0 aliphatic carbocycles. The minimum absolute atomic E-state index is 0. The second kappa shape index (κ2) is 22.1. The first-order valence-corrected chi connectivity index (χ1v) is 20.8. The van der Waals surface area contributed by atoms with Crippen molar-refractivity contribution in [2.75, 3.05) is 30.3 Å². The van der Waals surface area contributed by atoms with E-state index >= 15 is 0 Å². The number of hydrogen-bond donors (Lipinski definition) is 5. The third-order valence-electron chi connectivity index (χ3n) is 9.06. The highest BCUT2D eigenvalue weighted by Crippen LogP contribution is 2.31. The molecule has 58 heavy (non-hydrogen) atoms. The molecule has 308 valence electrons. The molecule has 0 fully saturated rings. The summed E-state index contributed by atoms with van der Waals surface area (Å²) in [5.74, 6) is -1.23. The highest BCUT2D eigenvalue weighted by atomic mass is 32.1. The van der Waals surface area contributed by atoms with Crippen LogP contribution in [0.15, 0.2) is 97.6 Å². The molecule has 6 N–H and O–H groups in total. The summed E-state index contributed by atoms with van der Waals surface area (Å²) in [5, 5.41) is 21.4. The van der Waals surface area contributed by atoms with Gasteiger partial charge in [0, 0.05) is 44.5 Å². The summed E-state index contributed by atoms with van der Waals surface area (Å²) in [6.07, 6.45) is 11.4. The number of nitrogens with one attached hydrogen (secondary N) is 3. The summed E-state index contributed by atoms with van der Waals surface area (Å²) in [5.41, 5.74) is 9.40. The number of thiophene rings is 2. The van der Waals surface area contributed by atoms with Crippen LogP contribution in [0, 0.1) is 0 Å². The third kappa shape index (κ3) is 13.4. The fourth-order valence-corrected chi connectivity index (χ4v) is 7.93. The van der Waals surface area contributed by atoms with E-state index < -0.39 is 17.6 Å². The first-order valence-electron chi connectivity index (χ1n) is 19.2. The molecule has 6 rings (SSSR count). The van der Waals surface area contributed by atoms with Crippen LogP contribution in [0.5, 0.6) is 0 Å². The van der Waals surface area contributed by atoms with Crippen molar-refractivity contribution < 1.29 is 24.2 Å². The van der Waals surface area contributed by atoms with Crippen LogP contribution in [0.4, 0.5) is 14.8 Å². The minimum Gasteiger partial charge on any atom is -0.444 e. The number of pyridine rings is 2. The minimum atomic E-state index is -0.624. The molecular formula is C45H56N6O5S2. The number of alkyl carbamates (subject to hydrolysis) is 1. The smallest absolute Gasteiger partial charge is 0.407 e. The van der Waals surface area contributed by atoms with Gasteiger partial charge in [0.05, 0.1) is 31.2 Å². The lowest BCUT2D eigenvalue weighted by Gasteiger charge is -2.22. The maximum absolute atomic E-state index is 13.2. The molecule has 0 spiro atoms. The number of benzene rings is 2. The van der Waals surface area contributed by atoms with Gasteiger partial charge in [-0.3, -0.25) is 19.6 Å².